The van der Waals surface area contributed by atoms with Crippen LogP contribution in [0.4, 0.5) is 0 Å². The molecule has 1 unspecified atom stereocenters. The summed E-state index contributed by atoms with van der Waals surface area (Å²) in [4.78, 5) is 12.5. The average Bonchev–Trinajstić information content (AvgIpc) is 3.31. The van der Waals surface area contributed by atoms with Gasteiger partial charge in [0.25, 0.3) is 0 Å². The van der Waals surface area contributed by atoms with Crippen molar-refractivity contribution >= 4 is 21.9 Å². The number of rotatable bonds is 2. The molecule has 25 heavy (non-hydrogen) atoms. The molecule has 1 atom stereocenters. The zero-order valence-corrected chi connectivity index (χ0v) is 14.2. The van der Waals surface area contributed by atoms with Crippen molar-refractivity contribution in [3.63, 3.8) is 0 Å². The number of H-pyrrole nitrogens is 1. The van der Waals surface area contributed by atoms with Gasteiger partial charge in [0.1, 0.15) is 5.65 Å². The Morgan fingerprint density at radius 1 is 1.12 bits per heavy atom. The molecule has 0 aliphatic carbocycles. The molecule has 1 aromatic carbocycles. The summed E-state index contributed by atoms with van der Waals surface area (Å²) in [6, 6.07) is 11.3. The Morgan fingerprint density at radius 2 is 2.08 bits per heavy atom. The predicted octanol–water partition coefficient (Wildman–Crippen LogP) is 4.51. The van der Waals surface area contributed by atoms with Crippen LogP contribution in [0, 0.1) is 6.92 Å². The van der Waals surface area contributed by atoms with Crippen LogP contribution in [0.25, 0.3) is 33.1 Å². The van der Waals surface area contributed by atoms with Crippen LogP contribution in [0.1, 0.15) is 30.0 Å². The van der Waals surface area contributed by atoms with E-state index in [1.165, 1.54) is 40.3 Å². The summed E-state index contributed by atoms with van der Waals surface area (Å²) in [6.45, 7) is 3.20. The Balaban J connectivity index is 1.73. The number of aryl methyl sites for hydroxylation is 1. The second-order valence-electron chi connectivity index (χ2n) is 6.88. The third-order valence-corrected chi connectivity index (χ3v) is 5.24. The Bertz CT molecular complexity index is 1070. The largest absolute Gasteiger partial charge is 0.346 e. The summed E-state index contributed by atoms with van der Waals surface area (Å²) < 4.78 is 0. The smallest absolute Gasteiger partial charge is 0.137 e. The third kappa shape index (κ3) is 2.41. The fourth-order valence-electron chi connectivity index (χ4n) is 3.90. The minimum atomic E-state index is 0.392. The summed E-state index contributed by atoms with van der Waals surface area (Å²) in [7, 11) is 0. The highest BCUT2D eigenvalue weighted by Gasteiger charge is 2.20. The third-order valence-electron chi connectivity index (χ3n) is 5.24. The van der Waals surface area contributed by atoms with E-state index in [1.54, 1.807) is 0 Å². The number of hydrogen-bond donors (Lipinski definition) is 2. The molecule has 1 fully saturated rings. The summed E-state index contributed by atoms with van der Waals surface area (Å²) in [6.07, 6.45) is 8.25. The van der Waals surface area contributed by atoms with Crippen LogP contribution in [0.15, 0.2) is 48.9 Å². The van der Waals surface area contributed by atoms with E-state index >= 15 is 0 Å². The number of pyridine rings is 2. The van der Waals surface area contributed by atoms with Crippen molar-refractivity contribution in [2.24, 2.45) is 0 Å². The molecule has 0 radical (unpaired) electrons. The van der Waals surface area contributed by atoms with E-state index < -0.39 is 0 Å². The van der Waals surface area contributed by atoms with Gasteiger partial charge in [0, 0.05) is 41.0 Å². The first-order valence-electron chi connectivity index (χ1n) is 8.86. The fourth-order valence-corrected chi connectivity index (χ4v) is 3.90. The van der Waals surface area contributed by atoms with Crippen molar-refractivity contribution in [1.82, 2.24) is 20.3 Å². The molecule has 0 bridgehead atoms. The zero-order chi connectivity index (χ0) is 16.8. The van der Waals surface area contributed by atoms with Crippen molar-refractivity contribution in [3.8, 4) is 11.1 Å². The Morgan fingerprint density at radius 3 is 2.96 bits per heavy atom. The molecule has 0 saturated carbocycles. The molecule has 0 amide bonds. The number of nitrogens with zero attached hydrogens (tertiary/aromatic N) is 2. The number of fused-ring (bicyclic) bond motifs is 2. The van der Waals surface area contributed by atoms with Crippen LogP contribution in [0.3, 0.4) is 0 Å². The first-order valence-corrected chi connectivity index (χ1v) is 8.86. The quantitative estimate of drug-likeness (QED) is 0.569. The molecule has 0 spiro atoms. The van der Waals surface area contributed by atoms with Gasteiger partial charge in [0.15, 0.2) is 0 Å². The first kappa shape index (κ1) is 14.6. The number of aromatic nitrogens is 3. The van der Waals surface area contributed by atoms with Gasteiger partial charge in [-0.15, -0.1) is 0 Å². The fraction of sp³-hybridized carbons (Fsp3) is 0.238. The van der Waals surface area contributed by atoms with Crippen molar-refractivity contribution in [1.29, 1.82) is 0 Å². The topological polar surface area (TPSA) is 53.6 Å². The molecule has 4 heterocycles. The monoisotopic (exact) mass is 328 g/mol. The molecule has 4 aromatic rings. The number of hydrogen-bond acceptors (Lipinski definition) is 3. The normalized spacial score (nSPS) is 17.6. The van der Waals surface area contributed by atoms with Gasteiger partial charge in [0.05, 0.1) is 5.52 Å². The zero-order valence-electron chi connectivity index (χ0n) is 14.2. The van der Waals surface area contributed by atoms with Gasteiger partial charge in [0.2, 0.25) is 0 Å². The van der Waals surface area contributed by atoms with E-state index in [-0.39, 0.29) is 0 Å². The SMILES string of the molecule is Cc1c[nH]c2ncc(-c3cc(C4CCCN4)c4ncccc4c3)cc12. The Kier molecular flexibility index (Phi) is 3.31. The van der Waals surface area contributed by atoms with Crippen molar-refractivity contribution < 1.29 is 0 Å². The lowest BCUT2D eigenvalue weighted by Gasteiger charge is -2.15. The van der Waals surface area contributed by atoms with Crippen LogP contribution < -0.4 is 5.32 Å². The van der Waals surface area contributed by atoms with Gasteiger partial charge in [-0.1, -0.05) is 6.07 Å². The molecule has 124 valence electrons. The minimum absolute atomic E-state index is 0.392. The Labute approximate surface area is 146 Å². The van der Waals surface area contributed by atoms with E-state index in [9.17, 15) is 0 Å². The highest BCUT2D eigenvalue weighted by Crippen LogP contribution is 2.34. The molecule has 4 nitrogen and oxygen atoms in total. The number of aromatic amines is 1. The predicted molar refractivity (Wildman–Crippen MR) is 102 cm³/mol. The van der Waals surface area contributed by atoms with E-state index in [1.807, 2.05) is 24.7 Å². The van der Waals surface area contributed by atoms with Crippen LogP contribution in [-0.2, 0) is 0 Å². The number of benzene rings is 1. The lowest BCUT2D eigenvalue weighted by molar-refractivity contribution is 0.652. The Hall–Kier alpha value is -2.72. The molecule has 5 rings (SSSR count). The van der Waals surface area contributed by atoms with E-state index in [4.69, 9.17) is 0 Å². The second kappa shape index (κ2) is 5.67. The molecule has 1 aliphatic rings. The average molecular weight is 328 g/mol. The maximum absolute atomic E-state index is 4.66. The second-order valence-corrected chi connectivity index (χ2v) is 6.88. The van der Waals surface area contributed by atoms with Crippen LogP contribution in [-0.4, -0.2) is 21.5 Å². The van der Waals surface area contributed by atoms with Crippen molar-refractivity contribution in [2.45, 2.75) is 25.8 Å². The summed E-state index contributed by atoms with van der Waals surface area (Å²) in [5, 5.41) is 5.99. The lowest BCUT2D eigenvalue weighted by Crippen LogP contribution is -2.13. The first-order chi connectivity index (χ1) is 12.3. The van der Waals surface area contributed by atoms with Crippen molar-refractivity contribution in [2.75, 3.05) is 6.54 Å². The van der Waals surface area contributed by atoms with Gasteiger partial charge in [-0.3, -0.25) is 4.98 Å². The lowest BCUT2D eigenvalue weighted by atomic mass is 9.95. The standard InChI is InChI=1S/C21H20N4/c1-13-11-24-21-17(13)10-16(12-25-21)15-8-14-4-2-7-23-20(14)18(9-15)19-5-3-6-22-19/h2,4,7-12,19,22H,3,5-6H2,1H3,(H,24,25). The van der Waals surface area contributed by atoms with E-state index in [0.29, 0.717) is 6.04 Å². The van der Waals surface area contributed by atoms with Gasteiger partial charge in [-0.2, -0.15) is 0 Å². The van der Waals surface area contributed by atoms with Gasteiger partial charge >= 0.3 is 0 Å². The molecule has 1 saturated heterocycles. The summed E-state index contributed by atoms with van der Waals surface area (Å²) in [5.41, 5.74) is 6.94. The molecule has 4 heteroatoms. The van der Waals surface area contributed by atoms with Crippen LogP contribution in [0.5, 0.6) is 0 Å². The summed E-state index contributed by atoms with van der Waals surface area (Å²) in [5.74, 6) is 0. The maximum Gasteiger partial charge on any atom is 0.137 e. The minimum Gasteiger partial charge on any atom is -0.346 e. The highest BCUT2D eigenvalue weighted by molar-refractivity contribution is 5.90. The molecule has 2 N–H and O–H groups in total. The van der Waals surface area contributed by atoms with Gasteiger partial charge in [-0.05, 0) is 67.3 Å². The van der Waals surface area contributed by atoms with Crippen LogP contribution in [0.2, 0.25) is 0 Å². The molecular formula is C21H20N4. The van der Waals surface area contributed by atoms with E-state index in [0.717, 1.165) is 23.3 Å². The van der Waals surface area contributed by atoms with E-state index in [2.05, 4.69) is 51.5 Å². The molecule has 3 aromatic heterocycles. The maximum atomic E-state index is 4.66. The molecule has 1 aliphatic heterocycles. The number of nitrogens with one attached hydrogen (secondary N) is 2. The van der Waals surface area contributed by atoms with Gasteiger partial charge in [-0.25, -0.2) is 4.98 Å². The van der Waals surface area contributed by atoms with Crippen molar-refractivity contribution in [3.05, 3.63) is 60.0 Å². The highest BCUT2D eigenvalue weighted by atomic mass is 14.9. The van der Waals surface area contributed by atoms with Gasteiger partial charge < -0.3 is 10.3 Å². The summed E-state index contributed by atoms with van der Waals surface area (Å²) >= 11 is 0. The van der Waals surface area contributed by atoms with Crippen LogP contribution >= 0.6 is 0 Å². The molecular weight excluding hydrogens is 308 g/mol.